The molecule has 0 radical (unpaired) electrons. The third-order valence-electron chi connectivity index (χ3n) is 5.39. The molecule has 1 atom stereocenters. The topological polar surface area (TPSA) is 82.7 Å². The standard InChI is InChI=1S/C18H28N4O2/c19-17-15(4-1-8-20-17)12-21-9-2-6-18(13-21)7-5-16(24)22(14-18)10-3-11-23/h1,4,8,23H,2-3,5-7,9-14H2,(H2,19,20). The van der Waals surface area contributed by atoms with Gasteiger partial charge in [-0.25, -0.2) is 4.98 Å². The highest BCUT2D eigenvalue weighted by atomic mass is 16.3. The Morgan fingerprint density at radius 3 is 3.00 bits per heavy atom. The molecule has 0 aromatic carbocycles. The summed E-state index contributed by atoms with van der Waals surface area (Å²) >= 11 is 0. The van der Waals surface area contributed by atoms with Crippen molar-refractivity contribution in [1.82, 2.24) is 14.8 Å². The van der Waals surface area contributed by atoms with Crippen molar-refractivity contribution < 1.29 is 9.90 Å². The van der Waals surface area contributed by atoms with Crippen LogP contribution in [0.5, 0.6) is 0 Å². The van der Waals surface area contributed by atoms with Crippen molar-refractivity contribution in [2.24, 2.45) is 5.41 Å². The second-order valence-electron chi connectivity index (χ2n) is 7.25. The first-order chi connectivity index (χ1) is 11.6. The fourth-order valence-corrected chi connectivity index (χ4v) is 4.17. The van der Waals surface area contributed by atoms with Gasteiger partial charge in [-0.05, 0) is 38.3 Å². The lowest BCUT2D eigenvalue weighted by Gasteiger charge is -2.48. The predicted octanol–water partition coefficient (Wildman–Crippen LogP) is 1.25. The number of likely N-dealkylation sites (tertiary alicyclic amines) is 2. The number of hydrogen-bond donors (Lipinski definition) is 2. The Morgan fingerprint density at radius 1 is 1.33 bits per heavy atom. The summed E-state index contributed by atoms with van der Waals surface area (Å²) in [6.07, 6.45) is 6.33. The Hall–Kier alpha value is -1.66. The summed E-state index contributed by atoms with van der Waals surface area (Å²) in [4.78, 5) is 20.7. The van der Waals surface area contributed by atoms with E-state index in [0.29, 0.717) is 25.2 Å². The van der Waals surface area contributed by atoms with Gasteiger partial charge in [-0.15, -0.1) is 0 Å². The highest BCUT2D eigenvalue weighted by Gasteiger charge is 2.41. The van der Waals surface area contributed by atoms with E-state index in [1.807, 2.05) is 17.0 Å². The largest absolute Gasteiger partial charge is 0.396 e. The van der Waals surface area contributed by atoms with Gasteiger partial charge in [-0.1, -0.05) is 6.07 Å². The van der Waals surface area contributed by atoms with Crippen LogP contribution in [-0.2, 0) is 11.3 Å². The van der Waals surface area contributed by atoms with E-state index in [-0.39, 0.29) is 17.9 Å². The van der Waals surface area contributed by atoms with Crippen LogP contribution in [0.3, 0.4) is 0 Å². The minimum atomic E-state index is 0.142. The molecule has 6 nitrogen and oxygen atoms in total. The van der Waals surface area contributed by atoms with E-state index in [4.69, 9.17) is 10.8 Å². The highest BCUT2D eigenvalue weighted by Crippen LogP contribution is 2.39. The van der Waals surface area contributed by atoms with Gasteiger partial charge in [0.2, 0.25) is 5.91 Å². The first-order valence-electron chi connectivity index (χ1n) is 8.92. The zero-order valence-corrected chi connectivity index (χ0v) is 14.3. The van der Waals surface area contributed by atoms with Gasteiger partial charge in [0.05, 0.1) is 0 Å². The molecule has 132 valence electrons. The van der Waals surface area contributed by atoms with Crippen LogP contribution >= 0.6 is 0 Å². The molecule has 2 aliphatic rings. The number of pyridine rings is 1. The normalized spacial score (nSPS) is 25.4. The quantitative estimate of drug-likeness (QED) is 0.848. The van der Waals surface area contributed by atoms with Crippen molar-refractivity contribution >= 4 is 11.7 Å². The van der Waals surface area contributed by atoms with Crippen LogP contribution in [0.4, 0.5) is 5.82 Å². The lowest BCUT2D eigenvalue weighted by Crippen LogP contribution is -2.54. The van der Waals surface area contributed by atoms with Crippen molar-refractivity contribution in [2.75, 3.05) is 38.5 Å². The van der Waals surface area contributed by atoms with Crippen molar-refractivity contribution in [1.29, 1.82) is 0 Å². The average Bonchev–Trinajstić information content (AvgIpc) is 2.58. The number of hydrogen-bond acceptors (Lipinski definition) is 5. The van der Waals surface area contributed by atoms with Gasteiger partial charge in [-0.2, -0.15) is 0 Å². The fourth-order valence-electron chi connectivity index (χ4n) is 4.17. The number of nitrogens with zero attached hydrogens (tertiary/aromatic N) is 3. The molecule has 1 aromatic heterocycles. The first kappa shape index (κ1) is 17.2. The summed E-state index contributed by atoms with van der Waals surface area (Å²) < 4.78 is 0. The Morgan fingerprint density at radius 2 is 2.21 bits per heavy atom. The lowest BCUT2D eigenvalue weighted by molar-refractivity contribution is -0.139. The number of carbonyl (C=O) groups excluding carboxylic acids is 1. The highest BCUT2D eigenvalue weighted by molar-refractivity contribution is 5.77. The molecule has 2 aliphatic heterocycles. The fraction of sp³-hybridized carbons (Fsp3) is 0.667. The van der Waals surface area contributed by atoms with Crippen LogP contribution < -0.4 is 5.73 Å². The van der Waals surface area contributed by atoms with Crippen molar-refractivity contribution in [3.05, 3.63) is 23.9 Å². The summed E-state index contributed by atoms with van der Waals surface area (Å²) in [6, 6.07) is 3.98. The minimum Gasteiger partial charge on any atom is -0.396 e. The lowest BCUT2D eigenvalue weighted by atomic mass is 9.73. The van der Waals surface area contributed by atoms with Gasteiger partial charge >= 0.3 is 0 Å². The van der Waals surface area contributed by atoms with Gasteiger partial charge < -0.3 is 15.7 Å². The molecule has 24 heavy (non-hydrogen) atoms. The number of rotatable bonds is 5. The molecule has 2 fully saturated rings. The molecular weight excluding hydrogens is 304 g/mol. The van der Waals surface area contributed by atoms with Crippen LogP contribution in [0.25, 0.3) is 0 Å². The minimum absolute atomic E-state index is 0.142. The number of aliphatic hydroxyl groups excluding tert-OH is 1. The third-order valence-corrected chi connectivity index (χ3v) is 5.39. The van der Waals surface area contributed by atoms with Crippen LogP contribution in [0.1, 0.15) is 37.7 Å². The van der Waals surface area contributed by atoms with Gasteiger partial charge in [-0.3, -0.25) is 9.69 Å². The molecule has 6 heteroatoms. The summed E-state index contributed by atoms with van der Waals surface area (Å²) in [5.41, 5.74) is 7.26. The molecule has 1 unspecified atom stereocenters. The maximum absolute atomic E-state index is 12.1. The van der Waals surface area contributed by atoms with E-state index >= 15 is 0 Å². The number of carbonyl (C=O) groups is 1. The van der Waals surface area contributed by atoms with Gasteiger partial charge in [0.15, 0.2) is 0 Å². The number of anilines is 1. The molecule has 1 amide bonds. The maximum atomic E-state index is 12.1. The van der Waals surface area contributed by atoms with Crippen LogP contribution in [0, 0.1) is 5.41 Å². The molecule has 0 aliphatic carbocycles. The van der Waals surface area contributed by atoms with Crippen LogP contribution in [0.2, 0.25) is 0 Å². The summed E-state index contributed by atoms with van der Waals surface area (Å²) in [6.45, 7) is 4.54. The molecule has 3 rings (SSSR count). The number of amides is 1. The second kappa shape index (κ2) is 7.49. The molecular formula is C18H28N4O2. The Balaban J connectivity index is 1.65. The van der Waals surface area contributed by atoms with E-state index in [1.54, 1.807) is 6.20 Å². The molecule has 2 saturated heterocycles. The zero-order chi connectivity index (χ0) is 17.0. The molecule has 0 saturated carbocycles. The molecule has 3 heterocycles. The second-order valence-corrected chi connectivity index (χ2v) is 7.25. The number of piperidine rings is 2. The summed E-state index contributed by atoms with van der Waals surface area (Å²) in [5, 5.41) is 9.05. The van der Waals surface area contributed by atoms with E-state index in [0.717, 1.165) is 44.6 Å². The summed E-state index contributed by atoms with van der Waals surface area (Å²) in [7, 11) is 0. The van der Waals surface area contributed by atoms with E-state index in [9.17, 15) is 4.79 Å². The van der Waals surface area contributed by atoms with Crippen molar-refractivity contribution in [3.63, 3.8) is 0 Å². The van der Waals surface area contributed by atoms with Crippen LogP contribution in [-0.4, -0.2) is 58.6 Å². The predicted molar refractivity (Wildman–Crippen MR) is 93.1 cm³/mol. The smallest absolute Gasteiger partial charge is 0.222 e. The van der Waals surface area contributed by atoms with Crippen molar-refractivity contribution in [3.8, 4) is 0 Å². The first-order valence-corrected chi connectivity index (χ1v) is 8.92. The van der Waals surface area contributed by atoms with Gasteiger partial charge in [0.25, 0.3) is 0 Å². The zero-order valence-electron chi connectivity index (χ0n) is 14.3. The number of nitrogen functional groups attached to an aromatic ring is 1. The summed E-state index contributed by atoms with van der Waals surface area (Å²) in [5.74, 6) is 0.850. The van der Waals surface area contributed by atoms with E-state index < -0.39 is 0 Å². The Labute approximate surface area is 143 Å². The van der Waals surface area contributed by atoms with Crippen molar-refractivity contribution in [2.45, 2.75) is 38.6 Å². The average molecular weight is 332 g/mol. The molecule has 1 spiro atoms. The maximum Gasteiger partial charge on any atom is 0.222 e. The van der Waals surface area contributed by atoms with E-state index in [2.05, 4.69) is 9.88 Å². The van der Waals surface area contributed by atoms with E-state index in [1.165, 1.54) is 6.42 Å². The van der Waals surface area contributed by atoms with Gasteiger partial charge in [0, 0.05) is 56.4 Å². The Kier molecular flexibility index (Phi) is 5.36. The third kappa shape index (κ3) is 3.87. The SMILES string of the molecule is Nc1ncccc1CN1CCCC2(CCC(=O)N(CCCO)C2)C1. The number of nitrogens with two attached hydrogens (primary N) is 1. The monoisotopic (exact) mass is 332 g/mol. The number of aromatic nitrogens is 1. The number of aliphatic hydroxyl groups is 1. The molecule has 1 aromatic rings. The molecule has 3 N–H and O–H groups in total. The molecule has 0 bridgehead atoms. The Bertz CT molecular complexity index is 580. The van der Waals surface area contributed by atoms with Gasteiger partial charge in [0.1, 0.15) is 5.82 Å². The van der Waals surface area contributed by atoms with Crippen LogP contribution in [0.15, 0.2) is 18.3 Å².